The lowest BCUT2D eigenvalue weighted by Gasteiger charge is -2.10. The van der Waals surface area contributed by atoms with Gasteiger partial charge in [-0.2, -0.15) is 0 Å². The number of rotatable bonds is 10. The van der Waals surface area contributed by atoms with Crippen molar-refractivity contribution < 1.29 is 0 Å². The van der Waals surface area contributed by atoms with E-state index in [0.29, 0.717) is 0 Å². The molecule has 0 N–H and O–H groups in total. The smallest absolute Gasteiger partial charge is 0.0149 e. The highest BCUT2D eigenvalue weighted by Gasteiger charge is 2.12. The summed E-state index contributed by atoms with van der Waals surface area (Å²) in [6.07, 6.45) is 0. The second-order valence-corrected chi connectivity index (χ2v) is 31.9. The molecule has 5 heteroatoms. The summed E-state index contributed by atoms with van der Waals surface area (Å²) in [5.41, 5.74) is 41.3. The molecule has 107 heavy (non-hydrogen) atoms. The Morgan fingerprint density at radius 3 is 0.813 bits per heavy atom. The molecular weight excluding hydrogens is 1380 g/mol. The van der Waals surface area contributed by atoms with E-state index in [0.717, 1.165) is 0 Å². The molecular formula is C102H99P5. The zero-order chi connectivity index (χ0) is 75.8. The molecule has 0 radical (unpaired) electrons. The summed E-state index contributed by atoms with van der Waals surface area (Å²) in [7, 11) is 13.7. The van der Waals surface area contributed by atoms with Crippen molar-refractivity contribution >= 4 is 72.7 Å². The molecule has 0 aliphatic carbocycles. The van der Waals surface area contributed by atoms with Gasteiger partial charge < -0.3 is 0 Å². The summed E-state index contributed by atoms with van der Waals surface area (Å²) in [5, 5.41) is 6.11. The first kappa shape index (κ1) is 78.5. The standard InChI is InChI=1S/2C21H21P.3C20H19P/c1-14-10-19(17-6-8-21(22)9-7-17)13-20(11-14)18-5-4-15(2)16(3)12-18;1-14-7-9-20(15(2)11-14)19-6-4-5-17(13-19)18-8-10-21(22)16(3)12-18;1-14-3-6-17(7-4-14)20-13-18(8-5-15(20)2)16-9-11-19(21)12-10-16;1-14-3-6-16(7-4-14)18-8-5-15(2)20(13-18)17-9-11-19(21)12-10-17;1-14-3-5-16(6-4-14)18-11-15(2)12-19(13-18)17-7-9-20(21)10-8-17/h2*4-13H,22H2,1-3H3;3*3-13H,21H2,1-2H3. The highest BCUT2D eigenvalue weighted by molar-refractivity contribution is 7.28. The van der Waals surface area contributed by atoms with Crippen LogP contribution in [0.5, 0.6) is 0 Å². The fourth-order valence-electron chi connectivity index (χ4n) is 13.2. The molecule has 0 heterocycles. The van der Waals surface area contributed by atoms with E-state index in [1.807, 2.05) is 0 Å². The monoisotopic (exact) mass is 1480 g/mol. The SMILES string of the molecule is Cc1cc(-c2ccc(P)cc2)cc(-c2ccc(C)c(C)c2)c1.Cc1ccc(-c2cc(-c3ccc(P)cc3)ccc2C)cc1.Cc1ccc(-c2cc(C)cc(-c3ccc(P)cc3)c2)cc1.Cc1ccc(-c2ccc(C)c(-c3ccc(P)cc3)c2)cc1.Cc1ccc(-c2cccc(-c3ccc(P)c(C)c3)c2)c(C)c1. The predicted octanol–water partition coefficient (Wildman–Crippen LogP) is 26.3. The summed E-state index contributed by atoms with van der Waals surface area (Å²) < 4.78 is 0. The molecule has 15 aromatic rings. The van der Waals surface area contributed by atoms with Crippen molar-refractivity contribution in [3.05, 3.63) is 388 Å². The van der Waals surface area contributed by atoms with Crippen LogP contribution in [0.3, 0.4) is 0 Å². The lowest BCUT2D eigenvalue weighted by Crippen LogP contribution is -1.95. The van der Waals surface area contributed by atoms with Gasteiger partial charge in [0, 0.05) is 0 Å². The quantitative estimate of drug-likeness (QED) is 0.120. The van der Waals surface area contributed by atoms with E-state index in [4.69, 9.17) is 0 Å². The minimum Gasteiger partial charge on any atom is -0.106 e. The lowest BCUT2D eigenvalue weighted by atomic mass is 9.95. The van der Waals surface area contributed by atoms with Crippen molar-refractivity contribution in [2.45, 2.75) is 83.1 Å². The lowest BCUT2D eigenvalue weighted by molar-refractivity contribution is 1.34. The Morgan fingerprint density at radius 1 is 0.140 bits per heavy atom. The summed E-state index contributed by atoms with van der Waals surface area (Å²) in [6.45, 7) is 25.8. The molecule has 0 fully saturated rings. The van der Waals surface area contributed by atoms with Gasteiger partial charge in [-0.3, -0.25) is 0 Å². The molecule has 0 amide bonds. The maximum Gasteiger partial charge on any atom is -0.0149 e. The van der Waals surface area contributed by atoms with E-state index in [1.165, 1.54) is 205 Å². The van der Waals surface area contributed by atoms with Crippen LogP contribution >= 0.6 is 46.2 Å². The molecule has 0 spiro atoms. The molecule has 0 aliphatic rings. The van der Waals surface area contributed by atoms with Gasteiger partial charge in [0.25, 0.3) is 0 Å². The first-order chi connectivity index (χ1) is 51.4. The molecule has 5 atom stereocenters. The van der Waals surface area contributed by atoms with Gasteiger partial charge in [0.2, 0.25) is 0 Å². The number of hydrogen-bond donors (Lipinski definition) is 0. The van der Waals surface area contributed by atoms with Crippen LogP contribution in [0.4, 0.5) is 0 Å². The Morgan fingerprint density at radius 2 is 0.421 bits per heavy atom. The van der Waals surface area contributed by atoms with Gasteiger partial charge in [0.1, 0.15) is 0 Å². The van der Waals surface area contributed by atoms with Crippen molar-refractivity contribution in [2.24, 2.45) is 0 Å². The molecule has 5 unspecified atom stereocenters. The van der Waals surface area contributed by atoms with Crippen LogP contribution in [0, 0.1) is 83.1 Å². The second kappa shape index (κ2) is 36.8. The molecule has 15 rings (SSSR count). The van der Waals surface area contributed by atoms with Crippen LogP contribution in [-0.4, -0.2) is 0 Å². The van der Waals surface area contributed by atoms with Crippen molar-refractivity contribution in [3.63, 3.8) is 0 Å². The largest absolute Gasteiger partial charge is 0.106 e. The Balaban J connectivity index is 0.000000133. The molecule has 0 aromatic heterocycles. The van der Waals surface area contributed by atoms with Crippen molar-refractivity contribution in [1.82, 2.24) is 0 Å². The van der Waals surface area contributed by atoms with Gasteiger partial charge in [-0.05, 0) is 296 Å². The van der Waals surface area contributed by atoms with Crippen LogP contribution in [-0.2, 0) is 0 Å². The molecule has 0 saturated carbocycles. The van der Waals surface area contributed by atoms with E-state index in [1.54, 1.807) is 0 Å². The van der Waals surface area contributed by atoms with Gasteiger partial charge in [0.05, 0.1) is 0 Å². The first-order valence-corrected chi connectivity index (χ1v) is 39.6. The van der Waals surface area contributed by atoms with E-state index >= 15 is 0 Å². The normalized spacial score (nSPS) is 10.7. The van der Waals surface area contributed by atoms with E-state index in [2.05, 4.69) is 451 Å². The summed E-state index contributed by atoms with van der Waals surface area (Å²) in [6, 6.07) is 116. The van der Waals surface area contributed by atoms with Crippen molar-refractivity contribution in [3.8, 4) is 111 Å². The maximum atomic E-state index is 2.79. The van der Waals surface area contributed by atoms with Crippen LogP contribution in [0.1, 0.15) is 66.8 Å². The third kappa shape index (κ3) is 21.6. The topological polar surface area (TPSA) is 0 Å². The van der Waals surface area contributed by atoms with Crippen LogP contribution in [0.15, 0.2) is 322 Å². The summed E-state index contributed by atoms with van der Waals surface area (Å²) in [5.74, 6) is 0. The molecule has 0 nitrogen and oxygen atoms in total. The number of aryl methyl sites for hydroxylation is 12. The highest BCUT2D eigenvalue weighted by atomic mass is 31.0. The molecule has 0 aliphatic heterocycles. The summed E-state index contributed by atoms with van der Waals surface area (Å²) >= 11 is 0. The van der Waals surface area contributed by atoms with Crippen molar-refractivity contribution in [1.29, 1.82) is 0 Å². The van der Waals surface area contributed by atoms with Crippen molar-refractivity contribution in [2.75, 3.05) is 0 Å². The fraction of sp³-hybridized carbons (Fsp3) is 0.118. The average Bonchev–Trinajstić information content (AvgIpc) is 0.832. The zero-order valence-electron chi connectivity index (χ0n) is 64.0. The Labute approximate surface area is 650 Å². The Hall–Kier alpha value is -9.55. The molecule has 15 aromatic carbocycles. The predicted molar refractivity (Wildman–Crippen MR) is 490 cm³/mol. The van der Waals surface area contributed by atoms with Crippen LogP contribution in [0.2, 0.25) is 0 Å². The second-order valence-electron chi connectivity index (χ2n) is 28.6. The van der Waals surface area contributed by atoms with Gasteiger partial charge in [0.15, 0.2) is 0 Å². The molecule has 0 bridgehead atoms. The third-order valence-corrected chi connectivity index (χ3v) is 21.9. The molecule has 0 saturated heterocycles. The Kier molecular flexibility index (Phi) is 27.0. The minimum atomic E-state index is 1.21. The Bertz CT molecular complexity index is 5320. The zero-order valence-corrected chi connectivity index (χ0v) is 69.8. The minimum absolute atomic E-state index is 1.21. The number of benzene rings is 15. The first-order valence-electron chi connectivity index (χ1n) is 36.7. The van der Waals surface area contributed by atoms with Gasteiger partial charge >= 0.3 is 0 Å². The van der Waals surface area contributed by atoms with E-state index in [9.17, 15) is 0 Å². The third-order valence-electron chi connectivity index (χ3n) is 19.7. The van der Waals surface area contributed by atoms with Gasteiger partial charge in [-0.15, -0.1) is 46.2 Å². The maximum absolute atomic E-state index is 2.79. The van der Waals surface area contributed by atoms with E-state index in [-0.39, 0.29) is 0 Å². The molecule has 532 valence electrons. The highest BCUT2D eigenvalue weighted by Crippen LogP contribution is 2.35. The summed E-state index contributed by atoms with van der Waals surface area (Å²) in [4.78, 5) is 0. The average molecular weight is 1480 g/mol. The number of hydrogen-bond acceptors (Lipinski definition) is 0. The van der Waals surface area contributed by atoms with Crippen LogP contribution < -0.4 is 26.5 Å². The van der Waals surface area contributed by atoms with Crippen LogP contribution in [0.25, 0.3) is 111 Å². The van der Waals surface area contributed by atoms with Gasteiger partial charge in [-0.1, -0.05) is 313 Å². The van der Waals surface area contributed by atoms with Gasteiger partial charge in [-0.25, -0.2) is 0 Å². The fourth-order valence-corrected chi connectivity index (χ4v) is 14.1. The van der Waals surface area contributed by atoms with E-state index < -0.39 is 0 Å².